The summed E-state index contributed by atoms with van der Waals surface area (Å²) in [7, 11) is 1.96. The Morgan fingerprint density at radius 2 is 2.17 bits per heavy atom. The zero-order chi connectivity index (χ0) is 16.1. The van der Waals surface area contributed by atoms with Crippen molar-refractivity contribution in [1.29, 1.82) is 0 Å². The SMILES string of the molecule is CN1CC(c2cnn3c(N)c(Br)c([C@@H]4CC[C@@H](N)C4)nc23)C=N1. The predicted molar refractivity (Wildman–Crippen MR) is 93.5 cm³/mol. The highest BCUT2D eigenvalue weighted by molar-refractivity contribution is 9.10. The summed E-state index contributed by atoms with van der Waals surface area (Å²) in [6.07, 6.45) is 6.85. The molecule has 0 amide bonds. The van der Waals surface area contributed by atoms with Crippen LogP contribution in [-0.2, 0) is 0 Å². The van der Waals surface area contributed by atoms with Crippen molar-refractivity contribution in [2.24, 2.45) is 10.8 Å². The number of nitrogens with two attached hydrogens (primary N) is 2. The number of rotatable bonds is 2. The molecule has 4 rings (SSSR count). The highest BCUT2D eigenvalue weighted by Gasteiger charge is 2.29. The van der Waals surface area contributed by atoms with E-state index >= 15 is 0 Å². The van der Waals surface area contributed by atoms with Crippen molar-refractivity contribution >= 4 is 33.6 Å². The van der Waals surface area contributed by atoms with E-state index in [-0.39, 0.29) is 12.0 Å². The number of nitrogens with zero attached hydrogens (tertiary/aromatic N) is 5. The van der Waals surface area contributed by atoms with Gasteiger partial charge >= 0.3 is 0 Å². The molecule has 1 saturated carbocycles. The van der Waals surface area contributed by atoms with Gasteiger partial charge in [0.1, 0.15) is 5.82 Å². The topological polar surface area (TPSA) is 97.8 Å². The molecule has 2 aromatic rings. The molecule has 122 valence electrons. The zero-order valence-corrected chi connectivity index (χ0v) is 14.6. The quantitative estimate of drug-likeness (QED) is 0.829. The van der Waals surface area contributed by atoms with Crippen LogP contribution >= 0.6 is 15.9 Å². The summed E-state index contributed by atoms with van der Waals surface area (Å²) in [4.78, 5) is 4.92. The number of fused-ring (bicyclic) bond motifs is 1. The van der Waals surface area contributed by atoms with Crippen molar-refractivity contribution in [3.8, 4) is 0 Å². The van der Waals surface area contributed by atoms with Crippen LogP contribution in [0.15, 0.2) is 15.8 Å². The molecule has 1 unspecified atom stereocenters. The number of likely N-dealkylation sites (N-methyl/N-ethyl adjacent to an activating group) is 1. The molecule has 4 N–H and O–H groups in total. The van der Waals surface area contributed by atoms with Crippen molar-refractivity contribution in [2.45, 2.75) is 37.1 Å². The van der Waals surface area contributed by atoms with Gasteiger partial charge in [0.15, 0.2) is 5.65 Å². The molecular weight excluding hydrogens is 358 g/mol. The molecule has 0 spiro atoms. The van der Waals surface area contributed by atoms with E-state index < -0.39 is 0 Å². The van der Waals surface area contributed by atoms with Crippen LogP contribution in [0, 0.1) is 0 Å². The Bertz CT molecular complexity index is 784. The van der Waals surface area contributed by atoms with Gasteiger partial charge < -0.3 is 11.5 Å². The maximum absolute atomic E-state index is 6.30. The predicted octanol–water partition coefficient (Wildman–Crippen LogP) is 1.68. The zero-order valence-electron chi connectivity index (χ0n) is 13.0. The van der Waals surface area contributed by atoms with E-state index in [1.807, 2.05) is 24.5 Å². The van der Waals surface area contributed by atoms with Crippen LogP contribution in [0.1, 0.15) is 42.4 Å². The average Bonchev–Trinajstić information content (AvgIpc) is 3.22. The number of aromatic nitrogens is 3. The van der Waals surface area contributed by atoms with E-state index in [1.165, 1.54) is 0 Å². The fourth-order valence-electron chi connectivity index (χ4n) is 3.58. The minimum absolute atomic E-state index is 0.198. The van der Waals surface area contributed by atoms with Crippen molar-refractivity contribution in [3.63, 3.8) is 0 Å². The standard InChI is InChI=1S/C15H20BrN7/c1-22-7-9(5-19-22)11-6-20-23-14(18)12(16)13(21-15(11)23)8-2-3-10(17)4-8/h5-6,8-10H,2-4,7,17-18H2,1H3/t8-,9?,10-/m1/s1. The van der Waals surface area contributed by atoms with Gasteiger partial charge in [-0.15, -0.1) is 0 Å². The molecule has 0 bridgehead atoms. The number of anilines is 1. The molecule has 0 saturated heterocycles. The third-order valence-corrected chi connectivity index (χ3v) is 5.65. The molecular formula is C15H20BrN7. The van der Waals surface area contributed by atoms with Crippen molar-refractivity contribution in [3.05, 3.63) is 21.9 Å². The van der Waals surface area contributed by atoms with Crippen LogP contribution in [0.2, 0.25) is 0 Å². The molecule has 23 heavy (non-hydrogen) atoms. The first kappa shape index (κ1) is 14.9. The van der Waals surface area contributed by atoms with Gasteiger partial charge in [0.25, 0.3) is 0 Å². The van der Waals surface area contributed by atoms with Gasteiger partial charge in [-0.05, 0) is 35.2 Å². The summed E-state index contributed by atoms with van der Waals surface area (Å²) < 4.78 is 2.56. The Morgan fingerprint density at radius 3 is 2.83 bits per heavy atom. The molecule has 1 fully saturated rings. The van der Waals surface area contributed by atoms with E-state index in [0.29, 0.717) is 11.7 Å². The van der Waals surface area contributed by atoms with Gasteiger partial charge in [0.05, 0.1) is 16.4 Å². The number of hydrazone groups is 1. The fourth-order valence-corrected chi connectivity index (χ4v) is 4.16. The monoisotopic (exact) mass is 377 g/mol. The smallest absolute Gasteiger partial charge is 0.161 e. The highest BCUT2D eigenvalue weighted by atomic mass is 79.9. The molecule has 1 aliphatic heterocycles. The second-order valence-corrected chi connectivity index (χ2v) is 7.31. The molecule has 7 nitrogen and oxygen atoms in total. The van der Waals surface area contributed by atoms with Gasteiger partial charge in [-0.2, -0.15) is 14.7 Å². The first-order valence-electron chi connectivity index (χ1n) is 7.88. The Morgan fingerprint density at radius 1 is 1.35 bits per heavy atom. The summed E-state index contributed by atoms with van der Waals surface area (Å²) in [5, 5.41) is 10.7. The average molecular weight is 378 g/mol. The Kier molecular flexibility index (Phi) is 3.53. The molecule has 3 atom stereocenters. The maximum atomic E-state index is 6.30. The lowest BCUT2D eigenvalue weighted by Crippen LogP contribution is -2.15. The Hall–Kier alpha value is -1.67. The van der Waals surface area contributed by atoms with Crippen LogP contribution in [0.4, 0.5) is 5.82 Å². The summed E-state index contributed by atoms with van der Waals surface area (Å²) in [6, 6.07) is 0.256. The second-order valence-electron chi connectivity index (χ2n) is 6.51. The van der Waals surface area contributed by atoms with E-state index in [4.69, 9.17) is 16.5 Å². The highest BCUT2D eigenvalue weighted by Crippen LogP contribution is 2.39. The first-order chi connectivity index (χ1) is 11.0. The Balaban J connectivity index is 1.82. The van der Waals surface area contributed by atoms with Gasteiger partial charge in [0, 0.05) is 43.2 Å². The number of nitrogen functional groups attached to an aromatic ring is 1. The van der Waals surface area contributed by atoms with Gasteiger partial charge in [0.2, 0.25) is 0 Å². The van der Waals surface area contributed by atoms with Crippen LogP contribution < -0.4 is 11.5 Å². The lowest BCUT2D eigenvalue weighted by Gasteiger charge is -2.15. The Labute approximate surface area is 142 Å². The molecule has 0 radical (unpaired) electrons. The molecule has 2 aliphatic rings. The fraction of sp³-hybridized carbons (Fsp3) is 0.533. The summed E-state index contributed by atoms with van der Waals surface area (Å²) in [5.41, 5.74) is 15.3. The van der Waals surface area contributed by atoms with Crippen molar-refractivity contribution in [2.75, 3.05) is 19.3 Å². The van der Waals surface area contributed by atoms with Gasteiger partial charge in [-0.25, -0.2) is 4.98 Å². The summed E-state index contributed by atoms with van der Waals surface area (Å²) in [6.45, 7) is 0.836. The molecule has 3 heterocycles. The van der Waals surface area contributed by atoms with Crippen LogP contribution in [0.5, 0.6) is 0 Å². The minimum atomic E-state index is 0.198. The van der Waals surface area contributed by atoms with E-state index in [1.54, 1.807) is 4.52 Å². The van der Waals surface area contributed by atoms with E-state index in [2.05, 4.69) is 26.1 Å². The first-order valence-corrected chi connectivity index (χ1v) is 8.67. The lowest BCUT2D eigenvalue weighted by molar-refractivity contribution is 0.381. The third-order valence-electron chi connectivity index (χ3n) is 4.84. The maximum Gasteiger partial charge on any atom is 0.161 e. The molecule has 8 heteroatoms. The lowest BCUT2D eigenvalue weighted by atomic mass is 10.0. The molecule has 0 aromatic carbocycles. The van der Waals surface area contributed by atoms with Crippen LogP contribution in [0.3, 0.4) is 0 Å². The van der Waals surface area contributed by atoms with Crippen molar-refractivity contribution < 1.29 is 0 Å². The van der Waals surface area contributed by atoms with Gasteiger partial charge in [-0.1, -0.05) is 0 Å². The minimum Gasteiger partial charge on any atom is -0.383 e. The summed E-state index contributed by atoms with van der Waals surface area (Å²) in [5.74, 6) is 1.15. The van der Waals surface area contributed by atoms with Crippen LogP contribution in [-0.4, -0.2) is 45.5 Å². The van der Waals surface area contributed by atoms with Gasteiger partial charge in [-0.3, -0.25) is 5.01 Å². The third kappa shape index (κ3) is 2.40. The van der Waals surface area contributed by atoms with Crippen LogP contribution in [0.25, 0.3) is 5.65 Å². The summed E-state index contributed by atoms with van der Waals surface area (Å²) >= 11 is 3.61. The second kappa shape index (κ2) is 5.45. The number of hydrogen-bond acceptors (Lipinski definition) is 6. The van der Waals surface area contributed by atoms with E-state index in [9.17, 15) is 0 Å². The molecule has 1 aliphatic carbocycles. The largest absolute Gasteiger partial charge is 0.383 e. The number of hydrogen-bond donors (Lipinski definition) is 2. The normalized spacial score (nSPS) is 27.4. The molecule has 2 aromatic heterocycles. The number of halogens is 1. The van der Waals surface area contributed by atoms with Crippen molar-refractivity contribution in [1.82, 2.24) is 19.6 Å². The van der Waals surface area contributed by atoms with E-state index in [0.717, 1.165) is 47.2 Å².